The lowest BCUT2D eigenvalue weighted by Crippen LogP contribution is -2.44. The second kappa shape index (κ2) is 5.92. The number of nitrogens with one attached hydrogen (secondary N) is 1. The number of rotatable bonds is 6. The molecule has 1 N–H and O–H groups in total. The predicted molar refractivity (Wildman–Crippen MR) is 79.9 cm³/mol. The summed E-state index contributed by atoms with van der Waals surface area (Å²) in [5, 5.41) is 3.15. The molecule has 0 aliphatic heterocycles. The van der Waals surface area contributed by atoms with Crippen molar-refractivity contribution in [1.29, 1.82) is 0 Å². The maximum Gasteiger partial charge on any atom is 0.243 e. The topological polar surface area (TPSA) is 49.4 Å². The van der Waals surface area contributed by atoms with Gasteiger partial charge in [0.05, 0.1) is 4.90 Å². The average Bonchev–Trinajstić information content (AvgIpc) is 2.39. The van der Waals surface area contributed by atoms with Gasteiger partial charge in [-0.25, -0.2) is 8.42 Å². The summed E-state index contributed by atoms with van der Waals surface area (Å²) in [7, 11) is -1.80. The van der Waals surface area contributed by atoms with Gasteiger partial charge in [0, 0.05) is 24.8 Å². The summed E-state index contributed by atoms with van der Waals surface area (Å²) >= 11 is 0. The van der Waals surface area contributed by atoms with Crippen LogP contribution in [0.2, 0.25) is 0 Å². The molecule has 1 aromatic carbocycles. The second-order valence-corrected chi connectivity index (χ2v) is 7.16. The molecule has 0 atom stereocenters. The Kier molecular flexibility index (Phi) is 4.98. The predicted octanol–water partition coefficient (Wildman–Crippen LogP) is 2.93. The molecule has 0 unspecified atom stereocenters. The molecule has 0 amide bonds. The van der Waals surface area contributed by atoms with Gasteiger partial charge in [-0.15, -0.1) is 0 Å². The van der Waals surface area contributed by atoms with Crippen molar-refractivity contribution in [2.75, 3.05) is 18.9 Å². The van der Waals surface area contributed by atoms with Crippen LogP contribution in [-0.4, -0.2) is 31.9 Å². The van der Waals surface area contributed by atoms with Gasteiger partial charge in [0.1, 0.15) is 0 Å². The number of benzene rings is 1. The van der Waals surface area contributed by atoms with E-state index in [9.17, 15) is 8.42 Å². The molecular weight excluding hydrogens is 260 g/mol. The van der Waals surface area contributed by atoms with Gasteiger partial charge < -0.3 is 5.32 Å². The van der Waals surface area contributed by atoms with Crippen LogP contribution in [0.1, 0.15) is 34.1 Å². The molecule has 1 rings (SSSR count). The number of hydrogen-bond donors (Lipinski definition) is 1. The van der Waals surface area contributed by atoms with Gasteiger partial charge >= 0.3 is 0 Å². The highest BCUT2D eigenvalue weighted by Crippen LogP contribution is 2.25. The Bertz CT molecular complexity index is 507. The van der Waals surface area contributed by atoms with Gasteiger partial charge in [0.15, 0.2) is 0 Å². The molecule has 0 aliphatic rings. The van der Waals surface area contributed by atoms with Crippen molar-refractivity contribution < 1.29 is 8.42 Å². The zero-order chi connectivity index (χ0) is 14.7. The first-order chi connectivity index (χ1) is 8.75. The van der Waals surface area contributed by atoms with Crippen molar-refractivity contribution in [1.82, 2.24) is 4.31 Å². The highest BCUT2D eigenvalue weighted by molar-refractivity contribution is 7.89. The SMILES string of the molecule is CCNc1ccc(S(=O)(=O)N(C)C(C)(C)CC)cc1. The van der Waals surface area contributed by atoms with Crippen LogP contribution in [0, 0.1) is 0 Å². The van der Waals surface area contributed by atoms with Crippen molar-refractivity contribution in [3.8, 4) is 0 Å². The molecule has 108 valence electrons. The zero-order valence-corrected chi connectivity index (χ0v) is 13.2. The second-order valence-electron chi connectivity index (χ2n) is 5.19. The monoisotopic (exact) mass is 284 g/mol. The summed E-state index contributed by atoms with van der Waals surface area (Å²) in [5.41, 5.74) is 0.540. The van der Waals surface area contributed by atoms with E-state index in [0.29, 0.717) is 4.90 Å². The third-order valence-corrected chi connectivity index (χ3v) is 5.69. The first kappa shape index (κ1) is 16.0. The Labute approximate surface area is 116 Å². The maximum atomic E-state index is 12.5. The summed E-state index contributed by atoms with van der Waals surface area (Å²) in [6.45, 7) is 8.66. The van der Waals surface area contributed by atoms with Crippen molar-refractivity contribution in [3.63, 3.8) is 0 Å². The van der Waals surface area contributed by atoms with Gasteiger partial charge in [-0.1, -0.05) is 6.92 Å². The Morgan fingerprint density at radius 3 is 2.11 bits per heavy atom. The number of nitrogens with zero attached hydrogens (tertiary/aromatic N) is 1. The summed E-state index contributed by atoms with van der Waals surface area (Å²) in [4.78, 5) is 0.332. The van der Waals surface area contributed by atoms with Crippen molar-refractivity contribution in [2.24, 2.45) is 0 Å². The van der Waals surface area contributed by atoms with E-state index in [-0.39, 0.29) is 5.54 Å². The van der Waals surface area contributed by atoms with Crippen LogP contribution in [0.5, 0.6) is 0 Å². The first-order valence-corrected chi connectivity index (χ1v) is 8.02. The zero-order valence-electron chi connectivity index (χ0n) is 12.4. The third-order valence-electron chi connectivity index (χ3n) is 3.61. The Balaban J connectivity index is 3.07. The van der Waals surface area contributed by atoms with Crippen molar-refractivity contribution in [3.05, 3.63) is 24.3 Å². The van der Waals surface area contributed by atoms with Crippen LogP contribution in [-0.2, 0) is 10.0 Å². The third kappa shape index (κ3) is 3.48. The number of anilines is 1. The fraction of sp³-hybridized carbons (Fsp3) is 0.571. The fourth-order valence-corrected chi connectivity index (χ4v) is 3.23. The molecule has 1 aromatic rings. The molecule has 4 nitrogen and oxygen atoms in total. The fourth-order valence-electron chi connectivity index (χ4n) is 1.65. The first-order valence-electron chi connectivity index (χ1n) is 6.58. The molecule has 0 bridgehead atoms. The summed E-state index contributed by atoms with van der Waals surface area (Å²) in [5.74, 6) is 0. The maximum absolute atomic E-state index is 12.5. The molecular formula is C14H24N2O2S. The Hall–Kier alpha value is -1.07. The molecule has 0 spiro atoms. The van der Waals surface area contributed by atoms with E-state index in [1.54, 1.807) is 31.3 Å². The average molecular weight is 284 g/mol. The molecule has 19 heavy (non-hydrogen) atoms. The number of sulfonamides is 1. The summed E-state index contributed by atoms with van der Waals surface area (Å²) in [6.07, 6.45) is 0.762. The van der Waals surface area contributed by atoms with E-state index in [4.69, 9.17) is 0 Å². The highest BCUT2D eigenvalue weighted by Gasteiger charge is 2.32. The minimum absolute atomic E-state index is 0.332. The minimum atomic E-state index is -3.43. The van der Waals surface area contributed by atoms with Crippen LogP contribution < -0.4 is 5.32 Å². The summed E-state index contributed by atoms with van der Waals surface area (Å²) < 4.78 is 26.5. The molecule has 0 heterocycles. The van der Waals surface area contributed by atoms with Crippen LogP contribution in [0.15, 0.2) is 29.2 Å². The van der Waals surface area contributed by atoms with E-state index in [0.717, 1.165) is 18.7 Å². The van der Waals surface area contributed by atoms with E-state index in [1.165, 1.54) is 4.31 Å². The van der Waals surface area contributed by atoms with Crippen LogP contribution in [0.3, 0.4) is 0 Å². The van der Waals surface area contributed by atoms with E-state index in [2.05, 4.69) is 5.32 Å². The minimum Gasteiger partial charge on any atom is -0.385 e. The molecule has 0 aliphatic carbocycles. The molecule has 0 radical (unpaired) electrons. The van der Waals surface area contributed by atoms with Crippen LogP contribution >= 0.6 is 0 Å². The van der Waals surface area contributed by atoms with E-state index < -0.39 is 10.0 Å². The quantitative estimate of drug-likeness (QED) is 0.874. The van der Waals surface area contributed by atoms with Gasteiger partial charge in [-0.05, 0) is 51.5 Å². The lowest BCUT2D eigenvalue weighted by Gasteiger charge is -2.33. The standard InChI is InChI=1S/C14H24N2O2S/c1-6-14(3,4)16(5)19(17,18)13-10-8-12(9-11-13)15-7-2/h8-11,15H,6-7H2,1-5H3. The van der Waals surface area contributed by atoms with Crippen LogP contribution in [0.4, 0.5) is 5.69 Å². The number of hydrogen-bond acceptors (Lipinski definition) is 3. The molecule has 5 heteroatoms. The van der Waals surface area contributed by atoms with Crippen LogP contribution in [0.25, 0.3) is 0 Å². The van der Waals surface area contributed by atoms with Gasteiger partial charge in [0.2, 0.25) is 10.0 Å². The Morgan fingerprint density at radius 2 is 1.68 bits per heavy atom. The molecule has 0 saturated heterocycles. The van der Waals surface area contributed by atoms with E-state index >= 15 is 0 Å². The molecule has 0 fully saturated rings. The van der Waals surface area contributed by atoms with Gasteiger partial charge in [-0.3, -0.25) is 0 Å². The lowest BCUT2D eigenvalue weighted by molar-refractivity contribution is 0.257. The van der Waals surface area contributed by atoms with Gasteiger partial charge in [-0.2, -0.15) is 4.31 Å². The summed E-state index contributed by atoms with van der Waals surface area (Å²) in [6, 6.07) is 6.89. The van der Waals surface area contributed by atoms with Crippen molar-refractivity contribution >= 4 is 15.7 Å². The van der Waals surface area contributed by atoms with Gasteiger partial charge in [0.25, 0.3) is 0 Å². The normalized spacial score (nSPS) is 12.7. The lowest BCUT2D eigenvalue weighted by atomic mass is 10.0. The Morgan fingerprint density at radius 1 is 1.16 bits per heavy atom. The largest absolute Gasteiger partial charge is 0.385 e. The van der Waals surface area contributed by atoms with E-state index in [1.807, 2.05) is 27.7 Å². The smallest absolute Gasteiger partial charge is 0.243 e. The molecule has 0 aromatic heterocycles. The highest BCUT2D eigenvalue weighted by atomic mass is 32.2. The van der Waals surface area contributed by atoms with Crippen molar-refractivity contribution in [2.45, 2.75) is 44.6 Å². The molecule has 0 saturated carbocycles.